The molecule has 0 saturated carbocycles. The zero-order chi connectivity index (χ0) is 11.5. The van der Waals surface area contributed by atoms with Gasteiger partial charge in [0.05, 0.1) is 0 Å². The van der Waals surface area contributed by atoms with Crippen LogP contribution in [0, 0.1) is 0 Å². The van der Waals surface area contributed by atoms with Crippen LogP contribution in [0.4, 0.5) is 11.8 Å². The Morgan fingerprint density at radius 3 is 2.75 bits per heavy atom. The highest BCUT2D eigenvalue weighted by atomic mass is 15.2. The van der Waals surface area contributed by atoms with Crippen molar-refractivity contribution < 1.29 is 0 Å². The van der Waals surface area contributed by atoms with Crippen LogP contribution in [0.25, 0.3) is 0 Å². The van der Waals surface area contributed by atoms with E-state index in [1.165, 1.54) is 12.8 Å². The zero-order valence-corrected chi connectivity index (χ0v) is 9.93. The summed E-state index contributed by atoms with van der Waals surface area (Å²) in [6.45, 7) is 2.30. The summed E-state index contributed by atoms with van der Waals surface area (Å²) >= 11 is 0. The van der Waals surface area contributed by atoms with Crippen LogP contribution >= 0.6 is 0 Å². The summed E-state index contributed by atoms with van der Waals surface area (Å²) in [5.41, 5.74) is 5.59. The van der Waals surface area contributed by atoms with Crippen LogP contribution in [0.1, 0.15) is 12.8 Å². The number of nitrogen functional groups attached to an aromatic ring is 1. The average Bonchev–Trinajstić information content (AvgIpc) is 2.29. The van der Waals surface area contributed by atoms with Crippen LogP contribution < -0.4 is 10.6 Å². The summed E-state index contributed by atoms with van der Waals surface area (Å²) < 4.78 is 0. The first kappa shape index (κ1) is 11.1. The topological polar surface area (TPSA) is 58.3 Å². The molecule has 88 valence electrons. The molecule has 0 spiro atoms. The van der Waals surface area contributed by atoms with Gasteiger partial charge in [-0.2, -0.15) is 4.98 Å². The second-order valence-electron chi connectivity index (χ2n) is 4.42. The predicted molar refractivity (Wildman–Crippen MR) is 65.4 cm³/mol. The van der Waals surface area contributed by atoms with Gasteiger partial charge in [-0.05, 0) is 39.0 Å². The summed E-state index contributed by atoms with van der Waals surface area (Å²) in [7, 11) is 4.25. The third-order valence-corrected chi connectivity index (χ3v) is 3.26. The van der Waals surface area contributed by atoms with E-state index < -0.39 is 0 Å². The zero-order valence-electron chi connectivity index (χ0n) is 9.93. The van der Waals surface area contributed by atoms with Gasteiger partial charge in [-0.15, -0.1) is 0 Å². The molecule has 2 N–H and O–H groups in total. The standard InChI is InChI=1S/C11H19N5/c1-15-7-4-9(5-8-15)16(2)10-3-6-13-11(12)14-10/h3,6,9H,4-5,7-8H2,1-2H3,(H2,12,13,14). The Kier molecular flexibility index (Phi) is 3.24. The minimum Gasteiger partial charge on any atom is -0.368 e. The minimum atomic E-state index is 0.345. The number of rotatable bonds is 2. The van der Waals surface area contributed by atoms with Gasteiger partial charge in [0, 0.05) is 19.3 Å². The SMILES string of the molecule is CN1CCC(N(C)c2ccnc(N)n2)CC1. The van der Waals surface area contributed by atoms with Crippen LogP contribution in [0.15, 0.2) is 12.3 Å². The Morgan fingerprint density at radius 2 is 2.12 bits per heavy atom. The molecule has 2 heterocycles. The molecule has 5 nitrogen and oxygen atoms in total. The Morgan fingerprint density at radius 1 is 1.44 bits per heavy atom. The molecule has 1 aromatic rings. The Balaban J connectivity index is 2.04. The van der Waals surface area contributed by atoms with E-state index in [0.29, 0.717) is 12.0 Å². The molecular weight excluding hydrogens is 202 g/mol. The van der Waals surface area contributed by atoms with E-state index in [9.17, 15) is 0 Å². The van der Waals surface area contributed by atoms with Crippen molar-refractivity contribution in [2.75, 3.05) is 37.8 Å². The smallest absolute Gasteiger partial charge is 0.221 e. The van der Waals surface area contributed by atoms with Crippen LogP contribution in [-0.4, -0.2) is 48.1 Å². The van der Waals surface area contributed by atoms with Crippen molar-refractivity contribution in [3.63, 3.8) is 0 Å². The van der Waals surface area contributed by atoms with Gasteiger partial charge in [-0.25, -0.2) is 4.98 Å². The lowest BCUT2D eigenvalue weighted by Crippen LogP contribution is -2.42. The molecule has 16 heavy (non-hydrogen) atoms. The fourth-order valence-electron chi connectivity index (χ4n) is 2.13. The molecule has 0 aromatic carbocycles. The molecule has 0 unspecified atom stereocenters. The lowest BCUT2D eigenvalue weighted by molar-refractivity contribution is 0.252. The number of anilines is 2. The van der Waals surface area contributed by atoms with Crippen molar-refractivity contribution in [3.8, 4) is 0 Å². The fraction of sp³-hybridized carbons (Fsp3) is 0.636. The van der Waals surface area contributed by atoms with Gasteiger partial charge in [-0.1, -0.05) is 0 Å². The van der Waals surface area contributed by atoms with Crippen LogP contribution in [0.5, 0.6) is 0 Å². The number of nitrogens with two attached hydrogens (primary N) is 1. The second-order valence-corrected chi connectivity index (χ2v) is 4.42. The maximum atomic E-state index is 5.59. The largest absolute Gasteiger partial charge is 0.368 e. The van der Waals surface area contributed by atoms with Crippen LogP contribution in [0.2, 0.25) is 0 Å². The summed E-state index contributed by atoms with van der Waals surface area (Å²) in [6, 6.07) is 2.47. The van der Waals surface area contributed by atoms with Gasteiger partial charge in [0.2, 0.25) is 5.95 Å². The van der Waals surface area contributed by atoms with E-state index in [1.807, 2.05) is 6.07 Å². The number of hydrogen-bond acceptors (Lipinski definition) is 5. The van der Waals surface area contributed by atoms with Crippen molar-refractivity contribution in [3.05, 3.63) is 12.3 Å². The highest BCUT2D eigenvalue weighted by Gasteiger charge is 2.21. The van der Waals surface area contributed by atoms with Gasteiger partial charge in [0.1, 0.15) is 5.82 Å². The molecule has 0 amide bonds. The summed E-state index contributed by atoms with van der Waals surface area (Å²) in [4.78, 5) is 12.7. The first-order valence-corrected chi connectivity index (χ1v) is 5.66. The molecule has 0 aliphatic carbocycles. The Labute approximate surface area is 96.3 Å². The van der Waals surface area contributed by atoms with Crippen molar-refractivity contribution in [2.45, 2.75) is 18.9 Å². The van der Waals surface area contributed by atoms with Crippen LogP contribution in [-0.2, 0) is 0 Å². The first-order chi connectivity index (χ1) is 7.66. The van der Waals surface area contributed by atoms with Gasteiger partial charge >= 0.3 is 0 Å². The molecule has 0 bridgehead atoms. The first-order valence-electron chi connectivity index (χ1n) is 5.66. The molecule has 2 rings (SSSR count). The quantitative estimate of drug-likeness (QED) is 0.792. The number of aromatic nitrogens is 2. The van der Waals surface area contributed by atoms with E-state index in [-0.39, 0.29) is 0 Å². The molecule has 1 aliphatic rings. The predicted octanol–water partition coefficient (Wildman–Crippen LogP) is 0.589. The number of nitrogens with zero attached hydrogens (tertiary/aromatic N) is 4. The van der Waals surface area contributed by atoms with Gasteiger partial charge in [-0.3, -0.25) is 0 Å². The van der Waals surface area contributed by atoms with E-state index in [1.54, 1.807) is 6.20 Å². The molecule has 1 fully saturated rings. The summed E-state index contributed by atoms with van der Waals surface area (Å²) in [6.07, 6.45) is 4.07. The van der Waals surface area contributed by atoms with E-state index in [2.05, 4.69) is 33.9 Å². The van der Waals surface area contributed by atoms with E-state index >= 15 is 0 Å². The second kappa shape index (κ2) is 4.65. The number of likely N-dealkylation sites (tertiary alicyclic amines) is 1. The Bertz CT molecular complexity index is 346. The third kappa shape index (κ3) is 2.41. The maximum Gasteiger partial charge on any atom is 0.221 e. The number of hydrogen-bond donors (Lipinski definition) is 1. The van der Waals surface area contributed by atoms with Crippen LogP contribution in [0.3, 0.4) is 0 Å². The normalized spacial score (nSPS) is 18.6. The fourth-order valence-corrected chi connectivity index (χ4v) is 2.13. The third-order valence-electron chi connectivity index (χ3n) is 3.26. The van der Waals surface area contributed by atoms with Gasteiger partial charge < -0.3 is 15.5 Å². The molecule has 0 atom stereocenters. The monoisotopic (exact) mass is 221 g/mol. The minimum absolute atomic E-state index is 0.345. The highest BCUT2D eigenvalue weighted by Crippen LogP contribution is 2.19. The molecule has 1 aromatic heterocycles. The summed E-state index contributed by atoms with van der Waals surface area (Å²) in [5.74, 6) is 1.26. The number of piperidine rings is 1. The average molecular weight is 221 g/mol. The molecule has 5 heteroatoms. The molecular formula is C11H19N5. The van der Waals surface area contributed by atoms with Crippen molar-refractivity contribution >= 4 is 11.8 Å². The summed E-state index contributed by atoms with van der Waals surface area (Å²) in [5, 5.41) is 0. The van der Waals surface area contributed by atoms with Gasteiger partial charge in [0.25, 0.3) is 0 Å². The highest BCUT2D eigenvalue weighted by molar-refractivity contribution is 5.41. The molecule has 1 saturated heterocycles. The Hall–Kier alpha value is -1.36. The van der Waals surface area contributed by atoms with Crippen molar-refractivity contribution in [1.29, 1.82) is 0 Å². The van der Waals surface area contributed by atoms with Crippen molar-refractivity contribution in [2.24, 2.45) is 0 Å². The maximum absolute atomic E-state index is 5.59. The van der Waals surface area contributed by atoms with Gasteiger partial charge in [0.15, 0.2) is 0 Å². The van der Waals surface area contributed by atoms with Crippen molar-refractivity contribution in [1.82, 2.24) is 14.9 Å². The lowest BCUT2D eigenvalue weighted by Gasteiger charge is -2.35. The van der Waals surface area contributed by atoms with E-state index in [0.717, 1.165) is 18.9 Å². The van der Waals surface area contributed by atoms with E-state index in [4.69, 9.17) is 5.73 Å². The lowest BCUT2D eigenvalue weighted by atomic mass is 10.0. The molecule has 1 aliphatic heterocycles. The molecule has 0 radical (unpaired) electrons.